The summed E-state index contributed by atoms with van der Waals surface area (Å²) in [6, 6.07) is 3.60. The van der Waals surface area contributed by atoms with Crippen LogP contribution >= 0.6 is 0 Å². The Morgan fingerprint density at radius 3 is 2.50 bits per heavy atom. The predicted octanol–water partition coefficient (Wildman–Crippen LogP) is 0.0105. The Hall–Kier alpha value is -3.17. The number of methoxy groups -OCH3 is 1. The summed E-state index contributed by atoms with van der Waals surface area (Å²) in [7, 11) is 1.22. The zero-order valence-electron chi connectivity index (χ0n) is 16.4. The van der Waals surface area contributed by atoms with E-state index in [-0.39, 0.29) is 35.0 Å². The summed E-state index contributed by atoms with van der Waals surface area (Å²) >= 11 is 0. The van der Waals surface area contributed by atoms with Crippen molar-refractivity contribution in [2.75, 3.05) is 7.11 Å². The van der Waals surface area contributed by atoms with Crippen LogP contribution in [0, 0.1) is 11.8 Å². The number of amides is 1. The maximum atomic E-state index is 13.5. The molecule has 5 atom stereocenters. The van der Waals surface area contributed by atoms with Crippen molar-refractivity contribution in [3.05, 3.63) is 46.2 Å². The van der Waals surface area contributed by atoms with Gasteiger partial charge in [-0.25, -0.2) is 0 Å². The van der Waals surface area contributed by atoms with Gasteiger partial charge < -0.3 is 31.5 Å². The summed E-state index contributed by atoms with van der Waals surface area (Å²) < 4.78 is 5.15. The van der Waals surface area contributed by atoms with Crippen LogP contribution in [0.2, 0.25) is 0 Å². The fourth-order valence-corrected chi connectivity index (χ4v) is 5.19. The van der Waals surface area contributed by atoms with E-state index in [0.29, 0.717) is 5.56 Å². The average molecular weight is 414 g/mol. The first-order valence-electron chi connectivity index (χ1n) is 9.48. The molecule has 7 N–H and O–H groups in total. The third-order valence-electron chi connectivity index (χ3n) is 6.69. The number of phenolic OH excluding ortho intramolecular Hbond substituents is 1. The fourth-order valence-electron chi connectivity index (χ4n) is 5.19. The Bertz CT molecular complexity index is 1070. The second-order valence-electron chi connectivity index (χ2n) is 8.00. The molecule has 9 heteroatoms. The van der Waals surface area contributed by atoms with E-state index in [4.69, 9.17) is 16.2 Å². The van der Waals surface area contributed by atoms with E-state index in [1.165, 1.54) is 13.2 Å². The highest BCUT2D eigenvalue weighted by Crippen LogP contribution is 2.54. The standard InChI is InChI=1S/C21H22N2O7/c1-7-8-4-3-5-11(24)12(8)16(25)13-9(7)6-10-15(22)17(30-2)14(20(23)28)19(27)21(10,29)18(13)26/h3-5,7,9-10,15,24-25,29H,6,22H2,1-2H3,(H2,23,28)/t7-,9+,10-,15-,21-/m0/s1. The molecule has 0 radical (unpaired) electrons. The molecule has 0 unspecified atom stereocenters. The molecule has 0 saturated heterocycles. The molecule has 1 aromatic carbocycles. The minimum Gasteiger partial charge on any atom is -0.507 e. The molecule has 30 heavy (non-hydrogen) atoms. The normalized spacial score (nSPS) is 33.1. The number of benzene rings is 1. The van der Waals surface area contributed by atoms with E-state index in [0.717, 1.165) is 0 Å². The first-order valence-corrected chi connectivity index (χ1v) is 9.48. The minimum absolute atomic E-state index is 0.0731. The molecule has 3 aliphatic carbocycles. The van der Waals surface area contributed by atoms with Gasteiger partial charge in [0.25, 0.3) is 5.91 Å². The number of ether oxygens (including phenoxy) is 1. The number of ketones is 2. The molecule has 0 heterocycles. The number of aliphatic hydroxyl groups is 2. The lowest BCUT2D eigenvalue weighted by Crippen LogP contribution is -2.67. The van der Waals surface area contributed by atoms with Gasteiger partial charge in [-0.15, -0.1) is 0 Å². The number of primary amides is 1. The van der Waals surface area contributed by atoms with Gasteiger partial charge in [0.05, 0.1) is 18.7 Å². The largest absolute Gasteiger partial charge is 0.507 e. The van der Waals surface area contributed by atoms with Crippen LogP contribution in [0.25, 0.3) is 5.76 Å². The zero-order chi connectivity index (χ0) is 22.1. The SMILES string of the molecule is COC1=C(C(N)=O)C(=O)[C@@]2(O)C(=O)C3=C(O)c4c(O)cccc4[C@H](C)[C@H]3C[C@H]2[C@@H]1N. The summed E-state index contributed by atoms with van der Waals surface area (Å²) in [4.78, 5) is 38.5. The molecule has 3 aliphatic rings. The molecule has 0 spiro atoms. The summed E-state index contributed by atoms with van der Waals surface area (Å²) in [6.07, 6.45) is 0.0731. The maximum Gasteiger partial charge on any atom is 0.255 e. The van der Waals surface area contributed by atoms with Gasteiger partial charge in [0, 0.05) is 11.5 Å². The number of rotatable bonds is 2. The molecule has 0 aromatic heterocycles. The average Bonchev–Trinajstić information content (AvgIpc) is 2.69. The smallest absolute Gasteiger partial charge is 0.255 e. The lowest BCUT2D eigenvalue weighted by Gasteiger charge is -2.49. The van der Waals surface area contributed by atoms with E-state index in [1.54, 1.807) is 12.1 Å². The molecular weight excluding hydrogens is 392 g/mol. The summed E-state index contributed by atoms with van der Waals surface area (Å²) in [6.45, 7) is 1.82. The lowest BCUT2D eigenvalue weighted by atomic mass is 9.55. The maximum absolute atomic E-state index is 13.5. The number of hydrogen-bond donors (Lipinski definition) is 5. The lowest BCUT2D eigenvalue weighted by molar-refractivity contribution is -0.160. The zero-order valence-corrected chi connectivity index (χ0v) is 16.4. The number of Topliss-reactive ketones (excluding diaryl/α,β-unsaturated/α-hetero) is 2. The van der Waals surface area contributed by atoms with Crippen molar-refractivity contribution in [1.82, 2.24) is 0 Å². The fraction of sp³-hybridized carbons (Fsp3) is 0.381. The van der Waals surface area contributed by atoms with Crippen LogP contribution in [0.1, 0.15) is 30.4 Å². The first-order chi connectivity index (χ1) is 14.1. The topological polar surface area (TPSA) is 173 Å². The third kappa shape index (κ3) is 2.27. The van der Waals surface area contributed by atoms with Crippen molar-refractivity contribution < 1.29 is 34.4 Å². The van der Waals surface area contributed by atoms with Gasteiger partial charge in [-0.3, -0.25) is 14.4 Å². The van der Waals surface area contributed by atoms with Gasteiger partial charge in [0.1, 0.15) is 22.8 Å². The molecule has 1 amide bonds. The molecule has 1 fully saturated rings. The van der Waals surface area contributed by atoms with Gasteiger partial charge in [0.15, 0.2) is 5.60 Å². The Balaban J connectivity index is 1.97. The van der Waals surface area contributed by atoms with Crippen LogP contribution in [-0.2, 0) is 19.1 Å². The molecule has 4 rings (SSSR count). The van der Waals surface area contributed by atoms with Crippen molar-refractivity contribution >= 4 is 23.2 Å². The Morgan fingerprint density at radius 2 is 1.90 bits per heavy atom. The molecule has 1 aromatic rings. The van der Waals surface area contributed by atoms with Crippen LogP contribution in [0.15, 0.2) is 35.1 Å². The second kappa shape index (κ2) is 6.41. The van der Waals surface area contributed by atoms with Gasteiger partial charge in [-0.05, 0) is 29.9 Å². The number of carbonyl (C=O) groups is 3. The summed E-state index contributed by atoms with van der Waals surface area (Å²) in [5.41, 5.74) is 8.75. The van der Waals surface area contributed by atoms with Crippen LogP contribution in [0.4, 0.5) is 0 Å². The van der Waals surface area contributed by atoms with E-state index in [1.807, 2.05) is 6.92 Å². The summed E-state index contributed by atoms with van der Waals surface area (Å²) in [5.74, 6) is -6.28. The number of aliphatic hydroxyl groups excluding tert-OH is 1. The van der Waals surface area contributed by atoms with E-state index < -0.39 is 52.3 Å². The van der Waals surface area contributed by atoms with E-state index in [9.17, 15) is 29.7 Å². The monoisotopic (exact) mass is 414 g/mol. The van der Waals surface area contributed by atoms with Crippen molar-refractivity contribution in [3.63, 3.8) is 0 Å². The number of nitrogens with two attached hydrogens (primary N) is 2. The molecule has 9 nitrogen and oxygen atoms in total. The highest BCUT2D eigenvalue weighted by Gasteiger charge is 2.64. The van der Waals surface area contributed by atoms with Crippen LogP contribution < -0.4 is 11.5 Å². The van der Waals surface area contributed by atoms with Crippen LogP contribution in [0.3, 0.4) is 0 Å². The quantitative estimate of drug-likeness (QED) is 0.332. The Morgan fingerprint density at radius 1 is 1.23 bits per heavy atom. The predicted molar refractivity (Wildman–Crippen MR) is 104 cm³/mol. The van der Waals surface area contributed by atoms with Gasteiger partial charge in [-0.1, -0.05) is 19.1 Å². The van der Waals surface area contributed by atoms with Gasteiger partial charge in [-0.2, -0.15) is 0 Å². The number of fused-ring (bicyclic) bond motifs is 3. The molecule has 158 valence electrons. The molecule has 0 aliphatic heterocycles. The van der Waals surface area contributed by atoms with E-state index in [2.05, 4.69) is 0 Å². The van der Waals surface area contributed by atoms with Crippen molar-refractivity contribution in [2.24, 2.45) is 23.3 Å². The molecular formula is C21H22N2O7. The van der Waals surface area contributed by atoms with Crippen LogP contribution in [-0.4, -0.2) is 51.5 Å². The third-order valence-corrected chi connectivity index (χ3v) is 6.69. The number of hydrogen-bond acceptors (Lipinski definition) is 8. The minimum atomic E-state index is -2.67. The molecule has 1 saturated carbocycles. The summed E-state index contributed by atoms with van der Waals surface area (Å²) in [5, 5.41) is 32.4. The first kappa shape index (κ1) is 20.1. The Labute approximate surface area is 171 Å². The van der Waals surface area contributed by atoms with E-state index >= 15 is 0 Å². The second-order valence-corrected chi connectivity index (χ2v) is 8.00. The molecule has 0 bridgehead atoms. The van der Waals surface area contributed by atoms with Crippen molar-refractivity contribution in [3.8, 4) is 5.75 Å². The highest BCUT2D eigenvalue weighted by atomic mass is 16.5. The van der Waals surface area contributed by atoms with Crippen molar-refractivity contribution in [2.45, 2.75) is 30.9 Å². The van der Waals surface area contributed by atoms with Crippen molar-refractivity contribution in [1.29, 1.82) is 0 Å². The number of phenols is 1. The number of aromatic hydroxyl groups is 1. The van der Waals surface area contributed by atoms with Crippen LogP contribution in [0.5, 0.6) is 5.75 Å². The van der Waals surface area contributed by atoms with Gasteiger partial charge >= 0.3 is 0 Å². The Kier molecular flexibility index (Phi) is 4.30. The number of carbonyl (C=O) groups excluding carboxylic acids is 3. The van der Waals surface area contributed by atoms with Gasteiger partial charge in [0.2, 0.25) is 11.6 Å². The highest BCUT2D eigenvalue weighted by molar-refractivity contribution is 6.33.